The van der Waals surface area contributed by atoms with Crippen molar-refractivity contribution in [3.63, 3.8) is 0 Å². The lowest BCUT2D eigenvalue weighted by atomic mass is 9.97. The zero-order valence-electron chi connectivity index (χ0n) is 15.1. The summed E-state index contributed by atoms with van der Waals surface area (Å²) in [7, 11) is -1.94. The van der Waals surface area contributed by atoms with E-state index >= 15 is 0 Å². The summed E-state index contributed by atoms with van der Waals surface area (Å²) >= 11 is 1.54. The molecule has 1 aliphatic heterocycles. The molecule has 0 aliphatic carbocycles. The summed E-state index contributed by atoms with van der Waals surface area (Å²) in [6, 6.07) is 6.42. The van der Waals surface area contributed by atoms with Crippen LogP contribution >= 0.6 is 11.3 Å². The first kappa shape index (κ1) is 19.1. The lowest BCUT2D eigenvalue weighted by molar-refractivity contribution is -0.161. The van der Waals surface area contributed by atoms with E-state index in [9.17, 15) is 9.59 Å². The van der Waals surface area contributed by atoms with Gasteiger partial charge < -0.3 is 9.16 Å². The van der Waals surface area contributed by atoms with E-state index in [0.29, 0.717) is 0 Å². The maximum absolute atomic E-state index is 12.6. The minimum atomic E-state index is -1.94. The molecule has 5 nitrogen and oxygen atoms in total. The van der Waals surface area contributed by atoms with Crippen molar-refractivity contribution >= 4 is 31.7 Å². The van der Waals surface area contributed by atoms with E-state index in [-0.39, 0.29) is 18.1 Å². The van der Waals surface area contributed by atoms with Crippen LogP contribution in [0.5, 0.6) is 0 Å². The van der Waals surface area contributed by atoms with Gasteiger partial charge in [-0.05, 0) is 43.4 Å². The second-order valence-electron chi connectivity index (χ2n) is 6.38. The Morgan fingerprint density at radius 1 is 1.29 bits per heavy atom. The van der Waals surface area contributed by atoms with Gasteiger partial charge in [0.2, 0.25) is 0 Å². The van der Waals surface area contributed by atoms with Crippen LogP contribution in [-0.4, -0.2) is 37.4 Å². The SMILES string of the molecule is CC[Si](CC)(CC)O[C@@H]1C(=O)N(C(=O)OC(C)C)[C@@H]1c1cccs1. The van der Waals surface area contributed by atoms with Crippen LogP contribution in [0.25, 0.3) is 0 Å². The average Bonchev–Trinajstić information content (AvgIpc) is 3.06. The van der Waals surface area contributed by atoms with Crippen molar-refractivity contribution < 1.29 is 18.8 Å². The Bertz CT molecular complexity index is 563. The summed E-state index contributed by atoms with van der Waals surface area (Å²) in [5, 5.41) is 1.95. The van der Waals surface area contributed by atoms with Crippen LogP contribution in [-0.2, 0) is 14.0 Å². The van der Waals surface area contributed by atoms with Crippen LogP contribution in [0.1, 0.15) is 45.5 Å². The number of hydrogen-bond acceptors (Lipinski definition) is 5. The molecule has 0 bridgehead atoms. The highest BCUT2D eigenvalue weighted by atomic mass is 32.1. The molecule has 2 amide bonds. The van der Waals surface area contributed by atoms with Crippen molar-refractivity contribution in [2.75, 3.05) is 0 Å². The molecule has 0 N–H and O–H groups in total. The molecule has 0 spiro atoms. The molecule has 2 heterocycles. The van der Waals surface area contributed by atoms with Gasteiger partial charge in [0.15, 0.2) is 14.4 Å². The van der Waals surface area contributed by atoms with E-state index in [1.807, 2.05) is 17.5 Å². The number of thiophene rings is 1. The summed E-state index contributed by atoms with van der Waals surface area (Å²) in [5.41, 5.74) is 0. The monoisotopic (exact) mass is 369 g/mol. The van der Waals surface area contributed by atoms with E-state index < -0.39 is 20.5 Å². The zero-order valence-corrected chi connectivity index (χ0v) is 16.9. The molecule has 2 atom stereocenters. The van der Waals surface area contributed by atoms with Crippen molar-refractivity contribution in [2.45, 2.75) is 71.0 Å². The van der Waals surface area contributed by atoms with Crippen LogP contribution in [0, 0.1) is 0 Å². The molecule has 0 radical (unpaired) electrons. The summed E-state index contributed by atoms with van der Waals surface area (Å²) < 4.78 is 11.6. The van der Waals surface area contributed by atoms with Crippen LogP contribution in [0.4, 0.5) is 4.79 Å². The number of carbonyl (C=O) groups is 2. The number of ether oxygens (including phenoxy) is 1. The number of nitrogens with zero attached hydrogens (tertiary/aromatic N) is 1. The summed E-state index contributed by atoms with van der Waals surface area (Å²) in [5.74, 6) is -0.272. The molecule has 0 saturated carbocycles. The fourth-order valence-electron chi connectivity index (χ4n) is 3.04. The third kappa shape index (κ3) is 3.58. The first-order chi connectivity index (χ1) is 11.4. The second kappa shape index (κ2) is 7.80. The van der Waals surface area contributed by atoms with Crippen LogP contribution in [0.15, 0.2) is 17.5 Å². The Morgan fingerprint density at radius 3 is 2.38 bits per heavy atom. The van der Waals surface area contributed by atoms with Crippen molar-refractivity contribution in [2.24, 2.45) is 0 Å². The van der Waals surface area contributed by atoms with Gasteiger partial charge in [0, 0.05) is 4.88 Å². The van der Waals surface area contributed by atoms with Gasteiger partial charge in [0.25, 0.3) is 5.91 Å². The Balaban J connectivity index is 2.25. The third-order valence-corrected chi connectivity index (χ3v) is 10.3. The van der Waals surface area contributed by atoms with Crippen LogP contribution < -0.4 is 0 Å². The zero-order chi connectivity index (χ0) is 17.9. The molecular formula is C17H27NO4SSi. The van der Waals surface area contributed by atoms with Crippen molar-refractivity contribution in [1.82, 2.24) is 4.90 Å². The smallest absolute Gasteiger partial charge is 0.417 e. The standard InChI is InChI=1S/C17H27NO4SSi/c1-6-24(7-2,8-3)22-15-14(13-10-9-11-23-13)18(16(15)19)17(20)21-12(4)5/h9-12,14-15H,6-8H2,1-5H3/t14-,15+/m1/s1. The second-order valence-corrected chi connectivity index (χ2v) is 12.1. The van der Waals surface area contributed by atoms with Gasteiger partial charge in [0.05, 0.1) is 6.10 Å². The highest BCUT2D eigenvalue weighted by Crippen LogP contribution is 2.42. The van der Waals surface area contributed by atoms with Gasteiger partial charge in [-0.15, -0.1) is 11.3 Å². The van der Waals surface area contributed by atoms with Gasteiger partial charge in [-0.25, -0.2) is 9.69 Å². The Labute approximate surface area is 149 Å². The highest BCUT2D eigenvalue weighted by Gasteiger charge is 2.56. The Hall–Kier alpha value is -1.18. The van der Waals surface area contributed by atoms with Gasteiger partial charge in [-0.3, -0.25) is 4.79 Å². The lowest BCUT2D eigenvalue weighted by Crippen LogP contribution is -2.64. The van der Waals surface area contributed by atoms with Crippen LogP contribution in [0.3, 0.4) is 0 Å². The molecule has 134 valence electrons. The maximum Gasteiger partial charge on any atom is 0.417 e. The number of hydrogen-bond donors (Lipinski definition) is 0. The summed E-state index contributed by atoms with van der Waals surface area (Å²) in [4.78, 5) is 27.1. The van der Waals surface area contributed by atoms with Gasteiger partial charge in [-0.1, -0.05) is 26.8 Å². The normalized spacial score (nSPS) is 21.1. The Morgan fingerprint density at radius 2 is 1.92 bits per heavy atom. The molecule has 1 fully saturated rings. The van der Waals surface area contributed by atoms with E-state index in [2.05, 4.69) is 20.8 Å². The molecule has 1 aliphatic rings. The largest absolute Gasteiger partial charge is 0.446 e. The predicted octanol–water partition coefficient (Wildman–Crippen LogP) is 4.57. The van der Waals surface area contributed by atoms with Gasteiger partial charge in [0.1, 0.15) is 6.04 Å². The van der Waals surface area contributed by atoms with E-state index in [1.165, 1.54) is 16.2 Å². The van der Waals surface area contributed by atoms with E-state index in [0.717, 1.165) is 23.0 Å². The Kier molecular flexibility index (Phi) is 6.22. The quantitative estimate of drug-likeness (QED) is 0.522. The first-order valence-electron chi connectivity index (χ1n) is 8.64. The number of β-lactam (4-membered cyclic amide) rings is 1. The first-order valence-corrected chi connectivity index (χ1v) is 12.0. The van der Waals surface area contributed by atoms with Crippen molar-refractivity contribution in [3.8, 4) is 0 Å². The van der Waals surface area contributed by atoms with E-state index in [1.54, 1.807) is 13.8 Å². The molecule has 1 aromatic heterocycles. The highest BCUT2D eigenvalue weighted by molar-refractivity contribution is 7.10. The van der Waals surface area contributed by atoms with Gasteiger partial charge >= 0.3 is 6.09 Å². The topological polar surface area (TPSA) is 55.8 Å². The number of imide groups is 1. The van der Waals surface area contributed by atoms with Crippen LogP contribution in [0.2, 0.25) is 18.1 Å². The van der Waals surface area contributed by atoms with Crippen molar-refractivity contribution in [1.29, 1.82) is 0 Å². The number of likely N-dealkylation sites (tertiary alicyclic amines) is 1. The average molecular weight is 370 g/mol. The third-order valence-electron chi connectivity index (χ3n) is 4.72. The molecule has 0 aromatic carbocycles. The van der Waals surface area contributed by atoms with Crippen molar-refractivity contribution in [3.05, 3.63) is 22.4 Å². The molecule has 24 heavy (non-hydrogen) atoms. The minimum absolute atomic E-state index is 0.260. The molecular weight excluding hydrogens is 342 g/mol. The lowest BCUT2D eigenvalue weighted by Gasteiger charge is -2.47. The maximum atomic E-state index is 12.6. The number of rotatable bonds is 7. The number of carbonyl (C=O) groups excluding carboxylic acids is 2. The molecule has 1 aromatic rings. The fourth-order valence-corrected chi connectivity index (χ4v) is 6.65. The predicted molar refractivity (Wildman–Crippen MR) is 97.6 cm³/mol. The molecule has 7 heteroatoms. The molecule has 2 rings (SSSR count). The van der Waals surface area contributed by atoms with E-state index in [4.69, 9.17) is 9.16 Å². The summed E-state index contributed by atoms with van der Waals surface area (Å²) in [6.07, 6.45) is -1.40. The fraction of sp³-hybridized carbons (Fsp3) is 0.647. The molecule has 1 saturated heterocycles. The summed E-state index contributed by atoms with van der Waals surface area (Å²) in [6.45, 7) is 9.95. The van der Waals surface area contributed by atoms with Gasteiger partial charge in [-0.2, -0.15) is 0 Å². The number of amides is 2. The molecule has 0 unspecified atom stereocenters. The minimum Gasteiger partial charge on any atom is -0.446 e.